The topological polar surface area (TPSA) is 50.1 Å². The number of hydrogen-bond acceptors (Lipinski definition) is 3. The second-order valence-electron chi connectivity index (χ2n) is 2.69. The number of halogens is 2. The summed E-state index contributed by atoms with van der Waals surface area (Å²) in [5, 5.41) is 9.29. The molecule has 0 fully saturated rings. The van der Waals surface area contributed by atoms with Gasteiger partial charge in [0.2, 0.25) is 0 Å². The molecule has 0 bridgehead atoms. The van der Waals surface area contributed by atoms with Crippen LogP contribution < -0.4 is 0 Å². The summed E-state index contributed by atoms with van der Waals surface area (Å²) in [6, 6.07) is 4.87. The van der Waals surface area contributed by atoms with Crippen LogP contribution in [0, 0.1) is 11.3 Å². The van der Waals surface area contributed by atoms with Gasteiger partial charge in [-0.25, -0.2) is 4.79 Å². The summed E-state index contributed by atoms with van der Waals surface area (Å²) in [6.45, 7) is 0. The van der Waals surface area contributed by atoms with E-state index in [2.05, 4.69) is 4.74 Å². The van der Waals surface area contributed by atoms with Gasteiger partial charge in [0.25, 0.3) is 0 Å². The van der Waals surface area contributed by atoms with Crippen molar-refractivity contribution >= 4 is 29.2 Å². The van der Waals surface area contributed by atoms with Crippen molar-refractivity contribution in [3.05, 3.63) is 33.8 Å². The lowest BCUT2D eigenvalue weighted by atomic mass is 10.0. The minimum atomic E-state index is -0.574. The second kappa shape index (κ2) is 5.01. The highest BCUT2D eigenvalue weighted by atomic mass is 35.5. The molecule has 15 heavy (non-hydrogen) atoms. The number of nitrogens with zero attached hydrogens (tertiary/aromatic N) is 1. The molecule has 0 spiro atoms. The van der Waals surface area contributed by atoms with Gasteiger partial charge in [0, 0.05) is 10.6 Å². The summed E-state index contributed by atoms with van der Waals surface area (Å²) in [6.07, 6.45) is 0. The number of carbonyl (C=O) groups excluding carboxylic acids is 1. The molecule has 0 atom stereocenters. The monoisotopic (exact) mass is 243 g/mol. The molecule has 0 radical (unpaired) electrons. The van der Waals surface area contributed by atoms with Gasteiger partial charge in [-0.15, -0.1) is 11.6 Å². The van der Waals surface area contributed by atoms with Gasteiger partial charge in [0.05, 0.1) is 24.1 Å². The largest absolute Gasteiger partial charge is 0.465 e. The third-order valence-corrected chi connectivity index (χ3v) is 2.53. The minimum Gasteiger partial charge on any atom is -0.465 e. The van der Waals surface area contributed by atoms with Gasteiger partial charge in [-0.3, -0.25) is 0 Å². The number of hydrogen-bond donors (Lipinski definition) is 0. The maximum absolute atomic E-state index is 11.3. The molecule has 78 valence electrons. The molecule has 0 N–H and O–H groups in total. The van der Waals surface area contributed by atoms with E-state index >= 15 is 0 Å². The number of ether oxygens (including phenoxy) is 1. The summed E-state index contributed by atoms with van der Waals surface area (Å²) in [5.74, 6) is -0.499. The molecule has 0 heterocycles. The Balaban J connectivity index is 3.43. The van der Waals surface area contributed by atoms with Crippen LogP contribution in [0.2, 0.25) is 5.02 Å². The maximum Gasteiger partial charge on any atom is 0.339 e. The van der Waals surface area contributed by atoms with Crippen LogP contribution in [0.3, 0.4) is 0 Å². The van der Waals surface area contributed by atoms with Crippen LogP contribution in [-0.4, -0.2) is 13.1 Å². The Morgan fingerprint density at radius 3 is 2.73 bits per heavy atom. The average molecular weight is 244 g/mol. The number of rotatable bonds is 2. The molecule has 1 aromatic carbocycles. The van der Waals surface area contributed by atoms with E-state index in [0.717, 1.165) is 0 Å². The van der Waals surface area contributed by atoms with E-state index in [1.54, 1.807) is 0 Å². The highest BCUT2D eigenvalue weighted by Crippen LogP contribution is 2.25. The number of esters is 1. The Hall–Kier alpha value is -1.24. The summed E-state index contributed by atoms with van der Waals surface area (Å²) in [7, 11) is 1.25. The Morgan fingerprint density at radius 2 is 2.27 bits per heavy atom. The first-order valence-corrected chi connectivity index (χ1v) is 4.92. The van der Waals surface area contributed by atoms with Gasteiger partial charge in [0.1, 0.15) is 6.07 Å². The van der Waals surface area contributed by atoms with Crippen molar-refractivity contribution in [2.45, 2.75) is 5.88 Å². The Morgan fingerprint density at radius 1 is 1.60 bits per heavy atom. The zero-order chi connectivity index (χ0) is 11.4. The molecule has 0 saturated carbocycles. The van der Waals surface area contributed by atoms with Crippen LogP contribution in [0.4, 0.5) is 0 Å². The minimum absolute atomic E-state index is 0.0760. The van der Waals surface area contributed by atoms with E-state index in [1.165, 1.54) is 19.2 Å². The highest BCUT2D eigenvalue weighted by molar-refractivity contribution is 6.32. The van der Waals surface area contributed by atoms with Crippen molar-refractivity contribution in [2.75, 3.05) is 7.11 Å². The van der Waals surface area contributed by atoms with Crippen molar-refractivity contribution in [2.24, 2.45) is 0 Å². The Kier molecular flexibility index (Phi) is 3.96. The number of benzene rings is 1. The molecule has 0 aromatic heterocycles. The van der Waals surface area contributed by atoms with Crippen LogP contribution in [0.5, 0.6) is 0 Å². The first kappa shape index (κ1) is 11.8. The second-order valence-corrected chi connectivity index (χ2v) is 3.36. The van der Waals surface area contributed by atoms with E-state index in [0.29, 0.717) is 10.6 Å². The van der Waals surface area contributed by atoms with Crippen molar-refractivity contribution < 1.29 is 9.53 Å². The summed E-state index contributed by atoms with van der Waals surface area (Å²) in [5.41, 5.74) is 0.799. The van der Waals surface area contributed by atoms with Gasteiger partial charge in [0.15, 0.2) is 0 Å². The molecule has 5 heteroatoms. The van der Waals surface area contributed by atoms with Crippen molar-refractivity contribution in [1.29, 1.82) is 5.26 Å². The quantitative estimate of drug-likeness (QED) is 0.593. The molecule has 0 aliphatic rings. The van der Waals surface area contributed by atoms with Crippen LogP contribution in [0.15, 0.2) is 12.1 Å². The summed E-state index contributed by atoms with van der Waals surface area (Å²) < 4.78 is 4.54. The summed E-state index contributed by atoms with van der Waals surface area (Å²) >= 11 is 11.5. The van der Waals surface area contributed by atoms with Gasteiger partial charge in [-0.1, -0.05) is 11.6 Å². The van der Waals surface area contributed by atoms with E-state index in [4.69, 9.17) is 28.5 Å². The molecular weight excluding hydrogens is 237 g/mol. The Labute approximate surface area is 97.2 Å². The molecular formula is C10H7Cl2NO2. The SMILES string of the molecule is COC(=O)c1ccc(Cl)c(CCl)c1C#N. The smallest absolute Gasteiger partial charge is 0.339 e. The molecule has 0 aliphatic heterocycles. The Bertz CT molecular complexity index is 438. The van der Waals surface area contributed by atoms with Gasteiger partial charge >= 0.3 is 5.97 Å². The fraction of sp³-hybridized carbons (Fsp3) is 0.200. The van der Waals surface area contributed by atoms with Crippen molar-refractivity contribution in [1.82, 2.24) is 0 Å². The number of alkyl halides is 1. The standard InChI is InChI=1S/C10H7Cl2NO2/c1-15-10(14)6-2-3-9(12)7(4-11)8(6)5-13/h2-3H,4H2,1H3. The lowest BCUT2D eigenvalue weighted by Crippen LogP contribution is -2.06. The van der Waals surface area contributed by atoms with E-state index in [1.807, 2.05) is 6.07 Å². The van der Waals surface area contributed by atoms with Crippen molar-refractivity contribution in [3.63, 3.8) is 0 Å². The van der Waals surface area contributed by atoms with E-state index in [9.17, 15) is 4.79 Å². The third kappa shape index (κ3) is 2.23. The predicted molar refractivity (Wildman–Crippen MR) is 57.1 cm³/mol. The lowest BCUT2D eigenvalue weighted by Gasteiger charge is -2.07. The zero-order valence-corrected chi connectivity index (χ0v) is 9.39. The average Bonchev–Trinajstić information content (AvgIpc) is 2.27. The molecule has 3 nitrogen and oxygen atoms in total. The fourth-order valence-corrected chi connectivity index (χ4v) is 1.73. The molecule has 1 rings (SSSR count). The van der Waals surface area contributed by atoms with Crippen LogP contribution in [0.1, 0.15) is 21.5 Å². The molecule has 1 aromatic rings. The van der Waals surface area contributed by atoms with E-state index in [-0.39, 0.29) is 17.0 Å². The number of carbonyl (C=O) groups is 1. The van der Waals surface area contributed by atoms with Gasteiger partial charge < -0.3 is 4.74 Å². The number of methoxy groups -OCH3 is 1. The zero-order valence-electron chi connectivity index (χ0n) is 7.88. The highest BCUT2D eigenvalue weighted by Gasteiger charge is 2.17. The lowest BCUT2D eigenvalue weighted by molar-refractivity contribution is 0.0600. The van der Waals surface area contributed by atoms with Crippen LogP contribution >= 0.6 is 23.2 Å². The molecule has 0 saturated heterocycles. The molecule has 0 amide bonds. The predicted octanol–water partition coefficient (Wildman–Crippen LogP) is 2.74. The summed E-state index contributed by atoms with van der Waals surface area (Å²) in [4.78, 5) is 11.3. The molecule has 0 unspecified atom stereocenters. The van der Waals surface area contributed by atoms with E-state index < -0.39 is 5.97 Å². The van der Waals surface area contributed by atoms with Crippen LogP contribution in [0.25, 0.3) is 0 Å². The first-order chi connectivity index (χ1) is 7.15. The van der Waals surface area contributed by atoms with Crippen LogP contribution in [-0.2, 0) is 10.6 Å². The normalized spacial score (nSPS) is 9.47. The van der Waals surface area contributed by atoms with Gasteiger partial charge in [-0.05, 0) is 12.1 Å². The van der Waals surface area contributed by atoms with Gasteiger partial charge in [-0.2, -0.15) is 5.26 Å². The molecule has 0 aliphatic carbocycles. The third-order valence-electron chi connectivity index (χ3n) is 1.91. The maximum atomic E-state index is 11.3. The first-order valence-electron chi connectivity index (χ1n) is 4.01. The number of nitriles is 1. The fourth-order valence-electron chi connectivity index (χ4n) is 1.16. The van der Waals surface area contributed by atoms with Crippen molar-refractivity contribution in [3.8, 4) is 6.07 Å².